The number of hydrogen-bond donors (Lipinski definition) is 1. The molecule has 7 heteroatoms. The molecule has 0 bridgehead atoms. The van der Waals surface area contributed by atoms with Crippen LogP contribution in [0.2, 0.25) is 0 Å². The van der Waals surface area contributed by atoms with Crippen molar-refractivity contribution in [1.82, 2.24) is 9.88 Å². The van der Waals surface area contributed by atoms with Crippen molar-refractivity contribution >= 4 is 17.5 Å². The maximum Gasteiger partial charge on any atom is 0.274 e. The number of aromatic nitrogens is 1. The highest BCUT2D eigenvalue weighted by molar-refractivity contribution is 6.05. The van der Waals surface area contributed by atoms with E-state index in [1.54, 1.807) is 30.3 Å². The maximum atomic E-state index is 12.7. The molecule has 1 aromatic heterocycles. The average molecular weight is 367 g/mol. The van der Waals surface area contributed by atoms with Crippen molar-refractivity contribution < 1.29 is 19.1 Å². The minimum Gasteiger partial charge on any atom is -0.454 e. The highest BCUT2D eigenvalue weighted by Gasteiger charge is 2.22. The Morgan fingerprint density at radius 3 is 2.70 bits per heavy atom. The molecule has 0 saturated carbocycles. The average Bonchev–Trinajstić information content (AvgIpc) is 3.16. The number of benzene rings is 1. The second kappa shape index (κ2) is 7.26. The molecule has 1 aromatic carbocycles. The molecule has 1 fully saturated rings. The molecule has 0 atom stereocenters. The van der Waals surface area contributed by atoms with E-state index in [-0.39, 0.29) is 24.3 Å². The molecule has 4 rings (SSSR count). The van der Waals surface area contributed by atoms with E-state index in [1.807, 2.05) is 4.90 Å². The fraction of sp³-hybridized carbons (Fsp3) is 0.350. The lowest BCUT2D eigenvalue weighted by atomic mass is 9.98. The molecule has 140 valence electrons. The van der Waals surface area contributed by atoms with E-state index in [0.717, 1.165) is 25.9 Å². The number of amides is 2. The van der Waals surface area contributed by atoms with Crippen LogP contribution in [0.5, 0.6) is 11.5 Å². The van der Waals surface area contributed by atoms with E-state index in [9.17, 15) is 9.59 Å². The van der Waals surface area contributed by atoms with E-state index in [1.165, 1.54) is 6.20 Å². The Morgan fingerprint density at radius 1 is 1.11 bits per heavy atom. The van der Waals surface area contributed by atoms with Gasteiger partial charge in [0.2, 0.25) is 6.79 Å². The van der Waals surface area contributed by atoms with Gasteiger partial charge in [0, 0.05) is 36.6 Å². The van der Waals surface area contributed by atoms with Crippen LogP contribution in [0.3, 0.4) is 0 Å². The molecule has 2 aliphatic rings. The Bertz CT molecular complexity index is 875. The van der Waals surface area contributed by atoms with Gasteiger partial charge in [0.25, 0.3) is 11.8 Å². The van der Waals surface area contributed by atoms with E-state index in [2.05, 4.69) is 17.2 Å². The number of ether oxygens (including phenoxy) is 2. The second-order valence-corrected chi connectivity index (χ2v) is 6.93. The molecule has 2 aliphatic heterocycles. The normalized spacial score (nSPS) is 16.3. The van der Waals surface area contributed by atoms with Gasteiger partial charge >= 0.3 is 0 Å². The molecular formula is C20H21N3O4. The van der Waals surface area contributed by atoms with Gasteiger partial charge in [-0.25, -0.2) is 0 Å². The molecule has 3 heterocycles. The molecule has 2 aromatic rings. The summed E-state index contributed by atoms with van der Waals surface area (Å²) in [5.41, 5.74) is 1.26. The van der Waals surface area contributed by atoms with Crippen LogP contribution in [-0.2, 0) is 0 Å². The molecule has 7 nitrogen and oxygen atoms in total. The first kappa shape index (κ1) is 17.3. The maximum absolute atomic E-state index is 12.7. The van der Waals surface area contributed by atoms with Crippen LogP contribution in [0.4, 0.5) is 5.69 Å². The smallest absolute Gasteiger partial charge is 0.274 e. The summed E-state index contributed by atoms with van der Waals surface area (Å²) in [6.07, 6.45) is 3.51. The molecule has 27 heavy (non-hydrogen) atoms. The Kier molecular flexibility index (Phi) is 4.66. The first-order valence-electron chi connectivity index (χ1n) is 9.06. The van der Waals surface area contributed by atoms with Crippen molar-refractivity contribution in [2.45, 2.75) is 19.8 Å². The zero-order chi connectivity index (χ0) is 18.8. The number of fused-ring (bicyclic) bond motifs is 1. The van der Waals surface area contributed by atoms with Gasteiger partial charge in [-0.15, -0.1) is 0 Å². The molecule has 1 saturated heterocycles. The van der Waals surface area contributed by atoms with Crippen molar-refractivity contribution in [2.75, 3.05) is 25.2 Å². The molecular weight excluding hydrogens is 346 g/mol. The second-order valence-electron chi connectivity index (χ2n) is 6.93. The third kappa shape index (κ3) is 3.72. The first-order valence-corrected chi connectivity index (χ1v) is 9.06. The minimum atomic E-state index is -0.379. The third-order valence-electron chi connectivity index (χ3n) is 4.94. The van der Waals surface area contributed by atoms with Crippen LogP contribution < -0.4 is 14.8 Å². The number of piperidine rings is 1. The summed E-state index contributed by atoms with van der Waals surface area (Å²) in [5, 5.41) is 2.78. The fourth-order valence-corrected chi connectivity index (χ4v) is 3.25. The van der Waals surface area contributed by atoms with E-state index in [0.29, 0.717) is 28.7 Å². The van der Waals surface area contributed by atoms with Gasteiger partial charge in [-0.05, 0) is 43.0 Å². The van der Waals surface area contributed by atoms with Crippen molar-refractivity contribution in [3.05, 3.63) is 47.8 Å². The van der Waals surface area contributed by atoms with Gasteiger partial charge in [0.1, 0.15) is 5.69 Å². The number of nitrogens with one attached hydrogen (secondary N) is 1. The lowest BCUT2D eigenvalue weighted by Gasteiger charge is -2.30. The van der Waals surface area contributed by atoms with Crippen LogP contribution >= 0.6 is 0 Å². The summed E-state index contributed by atoms with van der Waals surface area (Å²) >= 11 is 0. The number of pyridine rings is 1. The van der Waals surface area contributed by atoms with E-state index >= 15 is 0 Å². The van der Waals surface area contributed by atoms with Gasteiger partial charge in [-0.3, -0.25) is 14.6 Å². The molecule has 0 aliphatic carbocycles. The highest BCUT2D eigenvalue weighted by atomic mass is 16.7. The molecule has 1 N–H and O–H groups in total. The molecule has 0 spiro atoms. The van der Waals surface area contributed by atoms with Crippen LogP contribution in [0.1, 0.15) is 40.6 Å². The van der Waals surface area contributed by atoms with Crippen molar-refractivity contribution in [3.8, 4) is 11.5 Å². The lowest BCUT2D eigenvalue weighted by Crippen LogP contribution is -2.38. The Balaban J connectivity index is 1.47. The SMILES string of the molecule is CC1CCN(C(=O)c2ccnc(C(=O)Nc3ccc4c(c3)OCO4)c2)CC1. The summed E-state index contributed by atoms with van der Waals surface area (Å²) in [6.45, 7) is 3.88. The van der Waals surface area contributed by atoms with Gasteiger partial charge < -0.3 is 19.7 Å². The third-order valence-corrected chi connectivity index (χ3v) is 4.94. The molecule has 0 radical (unpaired) electrons. The summed E-state index contributed by atoms with van der Waals surface area (Å²) in [5.74, 6) is 1.45. The Morgan fingerprint density at radius 2 is 1.89 bits per heavy atom. The summed E-state index contributed by atoms with van der Waals surface area (Å²) < 4.78 is 10.6. The summed E-state index contributed by atoms with van der Waals surface area (Å²) in [7, 11) is 0. The number of likely N-dealkylation sites (tertiary alicyclic amines) is 1. The summed E-state index contributed by atoms with van der Waals surface area (Å²) in [6, 6.07) is 8.36. The van der Waals surface area contributed by atoms with Gasteiger partial charge in [-0.1, -0.05) is 6.92 Å². The van der Waals surface area contributed by atoms with Crippen LogP contribution in [-0.4, -0.2) is 41.6 Å². The lowest BCUT2D eigenvalue weighted by molar-refractivity contribution is 0.0697. The Hall–Kier alpha value is -3.09. The van der Waals surface area contributed by atoms with Crippen molar-refractivity contribution in [3.63, 3.8) is 0 Å². The minimum absolute atomic E-state index is 0.0542. The van der Waals surface area contributed by atoms with Crippen molar-refractivity contribution in [1.29, 1.82) is 0 Å². The number of rotatable bonds is 3. The van der Waals surface area contributed by atoms with E-state index < -0.39 is 0 Å². The zero-order valence-electron chi connectivity index (χ0n) is 15.1. The van der Waals surface area contributed by atoms with Gasteiger partial charge in [0.15, 0.2) is 11.5 Å². The largest absolute Gasteiger partial charge is 0.454 e. The number of carbonyl (C=O) groups is 2. The monoisotopic (exact) mass is 367 g/mol. The number of nitrogens with zero attached hydrogens (tertiary/aromatic N) is 2. The number of anilines is 1. The fourth-order valence-electron chi connectivity index (χ4n) is 3.25. The predicted octanol–water partition coefficient (Wildman–Crippen LogP) is 2.93. The summed E-state index contributed by atoms with van der Waals surface area (Å²) in [4.78, 5) is 31.2. The topological polar surface area (TPSA) is 80.8 Å². The molecule has 2 amide bonds. The quantitative estimate of drug-likeness (QED) is 0.902. The van der Waals surface area contributed by atoms with Gasteiger partial charge in [-0.2, -0.15) is 0 Å². The van der Waals surface area contributed by atoms with Crippen LogP contribution in [0.25, 0.3) is 0 Å². The van der Waals surface area contributed by atoms with Crippen LogP contribution in [0.15, 0.2) is 36.5 Å². The number of carbonyl (C=O) groups excluding carboxylic acids is 2. The predicted molar refractivity (Wildman–Crippen MR) is 99.1 cm³/mol. The zero-order valence-corrected chi connectivity index (χ0v) is 15.1. The van der Waals surface area contributed by atoms with Gasteiger partial charge in [0.05, 0.1) is 0 Å². The first-order chi connectivity index (χ1) is 13.1. The highest BCUT2D eigenvalue weighted by Crippen LogP contribution is 2.34. The van der Waals surface area contributed by atoms with Crippen molar-refractivity contribution in [2.24, 2.45) is 5.92 Å². The standard InChI is InChI=1S/C20H21N3O4/c1-13-5-8-23(9-6-13)20(25)14-4-7-21-16(10-14)19(24)22-15-2-3-17-18(11-15)27-12-26-17/h2-4,7,10-11,13H,5-6,8-9,12H2,1H3,(H,22,24). The molecule has 0 unspecified atom stereocenters. The Labute approximate surface area is 157 Å². The van der Waals surface area contributed by atoms with E-state index in [4.69, 9.17) is 9.47 Å². The number of hydrogen-bond acceptors (Lipinski definition) is 5. The van der Waals surface area contributed by atoms with Crippen LogP contribution in [0, 0.1) is 5.92 Å².